The van der Waals surface area contributed by atoms with Gasteiger partial charge in [-0.3, -0.25) is 4.79 Å². The Labute approximate surface area is 121 Å². The van der Waals surface area contributed by atoms with E-state index >= 15 is 0 Å². The van der Waals surface area contributed by atoms with Crippen LogP contribution < -0.4 is 0 Å². The highest BCUT2D eigenvalue weighted by Crippen LogP contribution is 2.04. The van der Waals surface area contributed by atoms with Crippen LogP contribution in [0, 0.1) is 0 Å². The molecular formula is C16H24O4. The van der Waals surface area contributed by atoms with Crippen LogP contribution in [0.15, 0.2) is 37.0 Å². The van der Waals surface area contributed by atoms with Crippen LogP contribution >= 0.6 is 0 Å². The van der Waals surface area contributed by atoms with E-state index in [1.807, 2.05) is 6.08 Å². The molecule has 0 fully saturated rings. The minimum absolute atomic E-state index is 0.0958. The van der Waals surface area contributed by atoms with E-state index in [2.05, 4.69) is 20.1 Å². The number of rotatable bonds is 11. The van der Waals surface area contributed by atoms with Gasteiger partial charge in [0.15, 0.2) is 0 Å². The fourth-order valence-electron chi connectivity index (χ4n) is 1.37. The van der Waals surface area contributed by atoms with Crippen LogP contribution in [0.5, 0.6) is 0 Å². The highest BCUT2D eigenvalue weighted by Gasteiger charge is 2.13. The van der Waals surface area contributed by atoms with E-state index in [4.69, 9.17) is 9.47 Å². The molecule has 0 radical (unpaired) electrons. The lowest BCUT2D eigenvalue weighted by atomic mass is 10.2. The van der Waals surface area contributed by atoms with Gasteiger partial charge in [-0.1, -0.05) is 51.2 Å². The van der Waals surface area contributed by atoms with E-state index in [1.165, 1.54) is 18.9 Å². The Morgan fingerprint density at radius 1 is 1.10 bits per heavy atom. The van der Waals surface area contributed by atoms with Gasteiger partial charge in [0, 0.05) is 5.57 Å². The Morgan fingerprint density at radius 2 is 1.85 bits per heavy atom. The largest absolute Gasteiger partial charge is 0.461 e. The molecule has 0 atom stereocenters. The summed E-state index contributed by atoms with van der Waals surface area (Å²) in [7, 11) is 0. The van der Waals surface area contributed by atoms with E-state index < -0.39 is 11.9 Å². The summed E-state index contributed by atoms with van der Waals surface area (Å²) < 4.78 is 9.72. The minimum atomic E-state index is -0.571. The van der Waals surface area contributed by atoms with Crippen molar-refractivity contribution >= 4 is 11.9 Å². The average Bonchev–Trinajstić information content (AvgIpc) is 2.43. The summed E-state index contributed by atoms with van der Waals surface area (Å²) >= 11 is 0. The molecule has 0 unspecified atom stereocenters. The van der Waals surface area contributed by atoms with Gasteiger partial charge in [0.1, 0.15) is 13.2 Å². The molecule has 4 heteroatoms. The summed E-state index contributed by atoms with van der Waals surface area (Å²) in [5.41, 5.74) is 0.0958. The number of carbonyl (C=O) groups excluding carboxylic acids is 2. The van der Waals surface area contributed by atoms with E-state index in [0.29, 0.717) is 0 Å². The van der Waals surface area contributed by atoms with Crippen molar-refractivity contribution in [1.29, 1.82) is 0 Å². The predicted octanol–water partition coefficient (Wildman–Crippen LogP) is 3.34. The van der Waals surface area contributed by atoms with Gasteiger partial charge in [-0.05, 0) is 12.8 Å². The third-order valence-electron chi connectivity index (χ3n) is 2.46. The first kappa shape index (κ1) is 18.2. The lowest BCUT2D eigenvalue weighted by Gasteiger charge is -2.05. The van der Waals surface area contributed by atoms with Crippen molar-refractivity contribution in [3.8, 4) is 0 Å². The number of allylic oxidation sites excluding steroid dienone is 1. The lowest BCUT2D eigenvalue weighted by Crippen LogP contribution is -2.13. The maximum absolute atomic E-state index is 11.5. The van der Waals surface area contributed by atoms with Gasteiger partial charge in [-0.2, -0.15) is 0 Å². The molecular weight excluding hydrogens is 256 g/mol. The van der Waals surface area contributed by atoms with Gasteiger partial charge in [-0.15, -0.1) is 0 Å². The first-order chi connectivity index (χ1) is 9.61. The fraction of sp³-hybridized carbons (Fsp3) is 0.500. The molecule has 4 nitrogen and oxygen atoms in total. The van der Waals surface area contributed by atoms with Crippen LogP contribution in [0.1, 0.15) is 39.0 Å². The van der Waals surface area contributed by atoms with Crippen LogP contribution in [0.3, 0.4) is 0 Å². The molecule has 0 saturated carbocycles. The van der Waals surface area contributed by atoms with Crippen LogP contribution in [0.25, 0.3) is 0 Å². The number of unbranched alkanes of at least 4 members (excludes halogenated alkanes) is 3. The summed E-state index contributed by atoms with van der Waals surface area (Å²) in [5.74, 6) is -1.08. The Hall–Kier alpha value is -1.84. The normalized spacial score (nSPS) is 10.2. The second-order valence-electron chi connectivity index (χ2n) is 4.32. The third kappa shape index (κ3) is 10.1. The number of hydrogen-bond acceptors (Lipinski definition) is 4. The maximum atomic E-state index is 11.5. The van der Waals surface area contributed by atoms with Gasteiger partial charge in [0.05, 0.1) is 6.42 Å². The SMILES string of the molecule is C=CCOC(=O)CC(=C)C(=O)OCC=CCCCCC. The number of carbonyl (C=O) groups is 2. The summed E-state index contributed by atoms with van der Waals surface area (Å²) in [6.07, 6.45) is 9.61. The van der Waals surface area contributed by atoms with E-state index in [-0.39, 0.29) is 25.2 Å². The molecule has 112 valence electrons. The zero-order chi connectivity index (χ0) is 15.2. The molecule has 0 bridgehead atoms. The van der Waals surface area contributed by atoms with E-state index in [1.54, 1.807) is 6.08 Å². The van der Waals surface area contributed by atoms with Crippen molar-refractivity contribution < 1.29 is 19.1 Å². The number of esters is 2. The molecule has 0 saturated heterocycles. The fourth-order valence-corrected chi connectivity index (χ4v) is 1.37. The zero-order valence-electron chi connectivity index (χ0n) is 12.2. The molecule has 0 N–H and O–H groups in total. The molecule has 0 spiro atoms. The van der Waals surface area contributed by atoms with Crippen LogP contribution in [0.2, 0.25) is 0 Å². The van der Waals surface area contributed by atoms with Crippen LogP contribution in [0.4, 0.5) is 0 Å². The standard InChI is InChI=1S/C16H24O4/c1-4-6-7-8-9-10-12-20-16(18)14(3)13-15(17)19-11-5-2/h5,9-10H,2-4,6-8,11-13H2,1H3. The highest BCUT2D eigenvalue weighted by molar-refractivity contribution is 5.93. The Kier molecular flexibility index (Phi) is 11.1. The Bertz CT molecular complexity index is 355. The van der Waals surface area contributed by atoms with Crippen molar-refractivity contribution in [3.63, 3.8) is 0 Å². The molecule has 0 rings (SSSR count). The molecule has 0 aromatic rings. The Morgan fingerprint density at radius 3 is 2.50 bits per heavy atom. The highest BCUT2D eigenvalue weighted by atomic mass is 16.5. The lowest BCUT2D eigenvalue weighted by molar-refractivity contribution is -0.145. The smallest absolute Gasteiger partial charge is 0.334 e. The monoisotopic (exact) mass is 280 g/mol. The topological polar surface area (TPSA) is 52.6 Å². The van der Waals surface area contributed by atoms with Gasteiger partial charge in [0.2, 0.25) is 0 Å². The second-order valence-corrected chi connectivity index (χ2v) is 4.32. The van der Waals surface area contributed by atoms with E-state index in [9.17, 15) is 9.59 Å². The van der Waals surface area contributed by atoms with Crippen molar-refractivity contribution in [3.05, 3.63) is 37.0 Å². The van der Waals surface area contributed by atoms with Gasteiger partial charge in [-0.25, -0.2) is 4.79 Å². The predicted molar refractivity (Wildman–Crippen MR) is 79.2 cm³/mol. The first-order valence-electron chi connectivity index (χ1n) is 6.88. The maximum Gasteiger partial charge on any atom is 0.334 e. The van der Waals surface area contributed by atoms with Crippen molar-refractivity contribution in [2.24, 2.45) is 0 Å². The summed E-state index contributed by atoms with van der Waals surface area (Å²) in [6, 6.07) is 0. The van der Waals surface area contributed by atoms with Crippen molar-refractivity contribution in [2.45, 2.75) is 39.0 Å². The van der Waals surface area contributed by atoms with Gasteiger partial charge < -0.3 is 9.47 Å². The number of ether oxygens (including phenoxy) is 2. The Balaban J connectivity index is 3.77. The summed E-state index contributed by atoms with van der Waals surface area (Å²) in [4.78, 5) is 22.7. The molecule has 0 aliphatic rings. The molecule has 0 aliphatic heterocycles. The average molecular weight is 280 g/mol. The molecule has 0 aromatic heterocycles. The van der Waals surface area contributed by atoms with E-state index in [0.717, 1.165) is 12.8 Å². The van der Waals surface area contributed by atoms with Crippen molar-refractivity contribution in [2.75, 3.05) is 13.2 Å². The van der Waals surface area contributed by atoms with Gasteiger partial charge >= 0.3 is 11.9 Å². The van der Waals surface area contributed by atoms with Gasteiger partial charge in [0.25, 0.3) is 0 Å². The first-order valence-corrected chi connectivity index (χ1v) is 6.88. The number of hydrogen-bond donors (Lipinski definition) is 0. The summed E-state index contributed by atoms with van der Waals surface area (Å²) in [5, 5.41) is 0. The zero-order valence-corrected chi connectivity index (χ0v) is 12.2. The molecule has 20 heavy (non-hydrogen) atoms. The van der Waals surface area contributed by atoms with Crippen LogP contribution in [-0.4, -0.2) is 25.2 Å². The quantitative estimate of drug-likeness (QED) is 0.252. The molecule has 0 aromatic carbocycles. The molecule has 0 heterocycles. The summed E-state index contributed by atoms with van der Waals surface area (Å²) in [6.45, 7) is 9.42. The molecule has 0 aliphatic carbocycles. The van der Waals surface area contributed by atoms with Crippen molar-refractivity contribution in [1.82, 2.24) is 0 Å². The second kappa shape index (κ2) is 12.2. The third-order valence-corrected chi connectivity index (χ3v) is 2.46. The van der Waals surface area contributed by atoms with Crippen LogP contribution in [-0.2, 0) is 19.1 Å². The molecule has 0 amide bonds. The minimum Gasteiger partial charge on any atom is -0.461 e.